The second-order valence-electron chi connectivity index (χ2n) is 11.9. The van der Waals surface area contributed by atoms with Gasteiger partial charge >= 0.3 is 5.97 Å². The molecule has 1 aliphatic heterocycles. The number of hydrogen-bond acceptors (Lipinski definition) is 5. The van der Waals surface area contributed by atoms with Gasteiger partial charge in [-0.2, -0.15) is 0 Å². The standard InChI is InChI=1S/C33H44N2O5/c1-34(26-8-4-3-5-9-26)33(38)29-14-13-27(39-2)20-31(29)35-17-15-23(16-18-35)22-40-28-10-6-7-25(19-28)30(21-32(36)37)24-11-12-24/h6-7,10,13-14,19-20,23-24,26,30H,3-5,8-9,11-12,15-18,21-22H2,1-2H3,(H,36,37). The van der Waals surface area contributed by atoms with E-state index < -0.39 is 5.97 Å². The Bertz CT molecular complexity index is 1170. The zero-order chi connectivity index (χ0) is 28.1. The Morgan fingerprint density at radius 1 is 0.975 bits per heavy atom. The largest absolute Gasteiger partial charge is 0.497 e. The number of amides is 1. The molecule has 0 spiro atoms. The zero-order valence-corrected chi connectivity index (χ0v) is 24.0. The van der Waals surface area contributed by atoms with Crippen LogP contribution in [0.2, 0.25) is 0 Å². The summed E-state index contributed by atoms with van der Waals surface area (Å²) in [6.45, 7) is 2.35. The second kappa shape index (κ2) is 13.0. The molecule has 0 radical (unpaired) electrons. The summed E-state index contributed by atoms with van der Waals surface area (Å²) in [5, 5.41) is 9.37. The van der Waals surface area contributed by atoms with Gasteiger partial charge in [0.05, 0.1) is 31.4 Å². The van der Waals surface area contributed by atoms with Crippen molar-refractivity contribution >= 4 is 17.6 Å². The van der Waals surface area contributed by atoms with Crippen molar-refractivity contribution in [3.05, 3.63) is 53.6 Å². The predicted octanol–water partition coefficient (Wildman–Crippen LogP) is 6.36. The Morgan fingerprint density at radius 2 is 1.73 bits per heavy atom. The van der Waals surface area contributed by atoms with Crippen LogP contribution in [0.3, 0.4) is 0 Å². The third kappa shape index (κ3) is 6.91. The lowest BCUT2D eigenvalue weighted by atomic mass is 9.91. The van der Waals surface area contributed by atoms with Crippen LogP contribution in [0.4, 0.5) is 5.69 Å². The predicted molar refractivity (Wildman–Crippen MR) is 157 cm³/mol. The van der Waals surface area contributed by atoms with E-state index in [0.717, 1.165) is 79.9 Å². The van der Waals surface area contributed by atoms with Crippen molar-refractivity contribution in [2.24, 2.45) is 11.8 Å². The topological polar surface area (TPSA) is 79.3 Å². The van der Waals surface area contributed by atoms with Crippen molar-refractivity contribution < 1.29 is 24.2 Å². The number of ether oxygens (including phenoxy) is 2. The molecule has 0 aromatic heterocycles. The van der Waals surface area contributed by atoms with Gasteiger partial charge in [0, 0.05) is 32.2 Å². The molecule has 216 valence electrons. The maximum Gasteiger partial charge on any atom is 0.303 e. The third-order valence-corrected chi connectivity index (χ3v) is 9.19. The van der Waals surface area contributed by atoms with Gasteiger partial charge in [0.1, 0.15) is 11.5 Å². The number of benzene rings is 2. The minimum atomic E-state index is -0.739. The summed E-state index contributed by atoms with van der Waals surface area (Å²) in [5.41, 5.74) is 2.79. The summed E-state index contributed by atoms with van der Waals surface area (Å²) in [5.74, 6) is 1.92. The smallest absolute Gasteiger partial charge is 0.303 e. The van der Waals surface area contributed by atoms with Gasteiger partial charge in [-0.15, -0.1) is 0 Å². The highest BCUT2D eigenvalue weighted by Crippen LogP contribution is 2.45. The number of carbonyl (C=O) groups is 2. The summed E-state index contributed by atoms with van der Waals surface area (Å²) >= 11 is 0. The molecule has 1 atom stereocenters. The van der Waals surface area contributed by atoms with Crippen molar-refractivity contribution in [2.45, 2.75) is 76.2 Å². The average molecular weight is 549 g/mol. The van der Waals surface area contributed by atoms with Crippen LogP contribution in [0, 0.1) is 11.8 Å². The van der Waals surface area contributed by atoms with Crippen LogP contribution in [0.1, 0.15) is 86.0 Å². The molecule has 3 fully saturated rings. The number of piperidine rings is 1. The van der Waals surface area contributed by atoms with Crippen LogP contribution < -0.4 is 14.4 Å². The number of anilines is 1. The van der Waals surface area contributed by atoms with Crippen molar-refractivity contribution in [3.8, 4) is 11.5 Å². The van der Waals surface area contributed by atoms with E-state index in [1.165, 1.54) is 19.3 Å². The van der Waals surface area contributed by atoms with Crippen LogP contribution in [0.5, 0.6) is 11.5 Å². The fourth-order valence-electron chi connectivity index (χ4n) is 6.54. The third-order valence-electron chi connectivity index (χ3n) is 9.19. The fraction of sp³-hybridized carbons (Fsp3) is 0.576. The van der Waals surface area contributed by atoms with E-state index in [-0.39, 0.29) is 18.2 Å². The molecule has 3 aliphatic rings. The molecule has 1 amide bonds. The minimum Gasteiger partial charge on any atom is -0.497 e. The van der Waals surface area contributed by atoms with Gasteiger partial charge in [-0.05, 0) is 86.1 Å². The molecule has 7 nitrogen and oxygen atoms in total. The molecule has 1 unspecified atom stereocenters. The maximum atomic E-state index is 13.6. The Labute approximate surface area is 238 Å². The van der Waals surface area contributed by atoms with Gasteiger partial charge in [0.2, 0.25) is 0 Å². The van der Waals surface area contributed by atoms with Gasteiger partial charge in [0.15, 0.2) is 0 Å². The normalized spacial score (nSPS) is 19.2. The molecular formula is C33H44N2O5. The molecule has 0 bridgehead atoms. The lowest BCUT2D eigenvalue weighted by molar-refractivity contribution is -0.137. The van der Waals surface area contributed by atoms with E-state index in [1.54, 1.807) is 7.11 Å². The van der Waals surface area contributed by atoms with Gasteiger partial charge < -0.3 is 24.4 Å². The number of hydrogen-bond donors (Lipinski definition) is 1. The van der Waals surface area contributed by atoms with Crippen molar-refractivity contribution in [2.75, 3.05) is 38.8 Å². The molecule has 1 N–H and O–H groups in total. The van der Waals surface area contributed by atoms with Crippen LogP contribution in [0.25, 0.3) is 0 Å². The van der Waals surface area contributed by atoms with Crippen molar-refractivity contribution in [3.63, 3.8) is 0 Å². The lowest BCUT2D eigenvalue weighted by Crippen LogP contribution is -2.40. The van der Waals surface area contributed by atoms with E-state index in [0.29, 0.717) is 24.5 Å². The second-order valence-corrected chi connectivity index (χ2v) is 11.9. The molecule has 5 rings (SSSR count). The first kappa shape index (κ1) is 28.3. The van der Waals surface area contributed by atoms with E-state index in [2.05, 4.69) is 4.90 Å². The molecule has 1 saturated heterocycles. The van der Waals surface area contributed by atoms with Crippen LogP contribution >= 0.6 is 0 Å². The summed E-state index contributed by atoms with van der Waals surface area (Å²) in [4.78, 5) is 29.3. The highest BCUT2D eigenvalue weighted by molar-refractivity contribution is 6.00. The monoisotopic (exact) mass is 548 g/mol. The number of methoxy groups -OCH3 is 1. The molecule has 2 aliphatic carbocycles. The number of carboxylic acids is 1. The molecular weight excluding hydrogens is 504 g/mol. The van der Waals surface area contributed by atoms with E-state index in [9.17, 15) is 14.7 Å². The number of nitrogens with zero attached hydrogens (tertiary/aromatic N) is 2. The summed E-state index contributed by atoms with van der Waals surface area (Å²) < 4.78 is 11.8. The molecule has 2 aromatic carbocycles. The zero-order valence-electron chi connectivity index (χ0n) is 24.0. The Kier molecular flexibility index (Phi) is 9.18. The number of rotatable bonds is 11. The SMILES string of the molecule is COc1ccc(C(=O)N(C)C2CCCCC2)c(N2CCC(COc3cccc(C(CC(=O)O)C4CC4)c3)CC2)c1. The molecule has 2 aromatic rings. The van der Waals surface area contributed by atoms with Gasteiger partial charge in [-0.1, -0.05) is 31.4 Å². The minimum absolute atomic E-state index is 0.0706. The van der Waals surface area contributed by atoms with E-state index in [1.807, 2.05) is 54.4 Å². The van der Waals surface area contributed by atoms with Gasteiger partial charge in [-0.3, -0.25) is 9.59 Å². The summed E-state index contributed by atoms with van der Waals surface area (Å²) in [6, 6.07) is 14.2. The van der Waals surface area contributed by atoms with Gasteiger partial charge in [-0.25, -0.2) is 0 Å². The molecule has 1 heterocycles. The van der Waals surface area contributed by atoms with Crippen molar-refractivity contribution in [1.29, 1.82) is 0 Å². The Balaban J connectivity index is 1.20. The van der Waals surface area contributed by atoms with Gasteiger partial charge in [0.25, 0.3) is 5.91 Å². The van der Waals surface area contributed by atoms with Crippen molar-refractivity contribution in [1.82, 2.24) is 4.90 Å². The molecule has 7 heteroatoms. The average Bonchev–Trinajstić information content (AvgIpc) is 3.84. The van der Waals surface area contributed by atoms with Crippen LogP contribution in [-0.2, 0) is 4.79 Å². The number of aliphatic carboxylic acids is 1. The summed E-state index contributed by atoms with van der Waals surface area (Å²) in [6.07, 6.45) is 10.2. The highest BCUT2D eigenvalue weighted by atomic mass is 16.5. The van der Waals surface area contributed by atoms with E-state index >= 15 is 0 Å². The summed E-state index contributed by atoms with van der Waals surface area (Å²) in [7, 11) is 3.63. The number of carboxylic acid groups (broad SMARTS) is 1. The number of carbonyl (C=O) groups excluding carboxylic acids is 1. The van der Waals surface area contributed by atoms with E-state index in [4.69, 9.17) is 9.47 Å². The first-order valence-corrected chi connectivity index (χ1v) is 15.1. The molecule has 40 heavy (non-hydrogen) atoms. The maximum absolute atomic E-state index is 13.6. The lowest BCUT2D eigenvalue weighted by Gasteiger charge is -2.36. The Hall–Kier alpha value is -3.22. The quantitative estimate of drug-likeness (QED) is 0.352. The first-order chi connectivity index (χ1) is 19.4. The molecule has 2 saturated carbocycles. The fourth-order valence-corrected chi connectivity index (χ4v) is 6.54. The highest BCUT2D eigenvalue weighted by Gasteiger charge is 2.34. The Morgan fingerprint density at radius 3 is 2.40 bits per heavy atom. The first-order valence-electron chi connectivity index (χ1n) is 15.1. The van der Waals surface area contributed by atoms with Crippen LogP contribution in [-0.4, -0.2) is 61.8 Å². The van der Waals surface area contributed by atoms with Crippen LogP contribution in [0.15, 0.2) is 42.5 Å².